The molecule has 0 aliphatic rings. The van der Waals surface area contributed by atoms with E-state index < -0.39 is 10.8 Å². The fourth-order valence-electron chi connectivity index (χ4n) is 2.35. The fourth-order valence-corrected chi connectivity index (χ4v) is 3.33. The number of anilines is 1. The molecule has 0 fully saturated rings. The van der Waals surface area contributed by atoms with Crippen LogP contribution in [0.25, 0.3) is 11.3 Å². The summed E-state index contributed by atoms with van der Waals surface area (Å²) < 4.78 is 4.92. The van der Waals surface area contributed by atoms with E-state index >= 15 is 0 Å². The first-order valence-electron chi connectivity index (χ1n) is 7.93. The number of benzene rings is 2. The highest BCUT2D eigenvalue weighted by molar-refractivity contribution is 7.80. The molecule has 0 bridgehead atoms. The predicted octanol–water partition coefficient (Wildman–Crippen LogP) is 3.85. The monoisotopic (exact) mass is 414 g/mol. The lowest BCUT2D eigenvalue weighted by Crippen LogP contribution is -2.34. The highest BCUT2D eigenvalue weighted by Crippen LogP contribution is 2.27. The van der Waals surface area contributed by atoms with Gasteiger partial charge in [0.1, 0.15) is 0 Å². The highest BCUT2D eigenvalue weighted by Gasteiger charge is 2.19. The van der Waals surface area contributed by atoms with Gasteiger partial charge in [-0.1, -0.05) is 30.3 Å². The zero-order chi connectivity index (χ0) is 20.1. The van der Waals surface area contributed by atoms with E-state index in [1.807, 2.05) is 35.7 Å². The quantitative estimate of drug-likeness (QED) is 0.371. The molecule has 8 nitrogen and oxygen atoms in total. The van der Waals surface area contributed by atoms with Crippen LogP contribution in [0.15, 0.2) is 53.9 Å². The van der Waals surface area contributed by atoms with Crippen molar-refractivity contribution in [1.82, 2.24) is 10.3 Å². The van der Waals surface area contributed by atoms with Gasteiger partial charge in [-0.05, 0) is 24.4 Å². The Morgan fingerprint density at radius 3 is 2.68 bits per heavy atom. The van der Waals surface area contributed by atoms with Gasteiger partial charge >= 0.3 is 5.69 Å². The van der Waals surface area contributed by atoms with Crippen molar-refractivity contribution in [1.29, 1.82) is 0 Å². The molecule has 0 aliphatic heterocycles. The number of methoxy groups -OCH3 is 1. The van der Waals surface area contributed by atoms with E-state index in [1.54, 1.807) is 0 Å². The van der Waals surface area contributed by atoms with Gasteiger partial charge in [-0.15, -0.1) is 11.3 Å². The standard InChI is InChI=1S/C18H14N4O4S2/c1-26-15-8-7-12(9-14(15)22(24)25)16(23)20-17(27)21-18-19-13(10-28-18)11-5-3-2-4-6-11/h2-10H,1H3,(H2,19,20,21,23,27). The number of thiazole rings is 1. The zero-order valence-electron chi connectivity index (χ0n) is 14.5. The molecule has 1 aromatic heterocycles. The van der Waals surface area contributed by atoms with Crippen LogP contribution in [0.3, 0.4) is 0 Å². The lowest BCUT2D eigenvalue weighted by Gasteiger charge is -2.08. The van der Waals surface area contributed by atoms with Gasteiger partial charge in [-0.3, -0.25) is 20.2 Å². The molecule has 2 N–H and O–H groups in total. The Morgan fingerprint density at radius 2 is 2.00 bits per heavy atom. The molecule has 0 aliphatic carbocycles. The van der Waals surface area contributed by atoms with E-state index in [2.05, 4.69) is 15.6 Å². The van der Waals surface area contributed by atoms with Crippen molar-refractivity contribution in [3.63, 3.8) is 0 Å². The van der Waals surface area contributed by atoms with Crippen LogP contribution in [0.5, 0.6) is 5.75 Å². The van der Waals surface area contributed by atoms with Gasteiger partial charge in [-0.25, -0.2) is 4.98 Å². The highest BCUT2D eigenvalue weighted by atomic mass is 32.1. The Hall–Kier alpha value is -3.37. The van der Waals surface area contributed by atoms with E-state index in [1.165, 1.54) is 30.6 Å². The van der Waals surface area contributed by atoms with Crippen LogP contribution in [0.1, 0.15) is 10.4 Å². The van der Waals surface area contributed by atoms with Crippen molar-refractivity contribution in [2.75, 3.05) is 12.4 Å². The van der Waals surface area contributed by atoms with Crippen LogP contribution in [0, 0.1) is 10.1 Å². The van der Waals surface area contributed by atoms with Crippen LogP contribution >= 0.6 is 23.6 Å². The van der Waals surface area contributed by atoms with Crippen molar-refractivity contribution >= 4 is 45.4 Å². The minimum atomic E-state index is -0.618. The molecule has 2 aromatic carbocycles. The zero-order valence-corrected chi connectivity index (χ0v) is 16.2. The summed E-state index contributed by atoms with van der Waals surface area (Å²) in [6.45, 7) is 0. The van der Waals surface area contributed by atoms with Crippen molar-refractivity contribution in [3.05, 3.63) is 69.6 Å². The third-order valence-corrected chi connectivity index (χ3v) is 4.62. The Balaban J connectivity index is 1.67. The molecule has 0 spiro atoms. The van der Waals surface area contributed by atoms with E-state index in [9.17, 15) is 14.9 Å². The number of hydrogen-bond acceptors (Lipinski definition) is 7. The second-order valence-electron chi connectivity index (χ2n) is 5.46. The van der Waals surface area contributed by atoms with E-state index in [0.717, 1.165) is 17.3 Å². The maximum absolute atomic E-state index is 12.3. The van der Waals surface area contributed by atoms with Crippen molar-refractivity contribution in [2.45, 2.75) is 0 Å². The number of nitrogens with zero attached hydrogens (tertiary/aromatic N) is 2. The summed E-state index contributed by atoms with van der Waals surface area (Å²) in [4.78, 5) is 27.2. The third-order valence-electron chi connectivity index (χ3n) is 3.66. The van der Waals surface area contributed by atoms with Crippen molar-refractivity contribution < 1.29 is 14.5 Å². The molecule has 0 unspecified atom stereocenters. The van der Waals surface area contributed by atoms with Gasteiger partial charge in [0, 0.05) is 22.6 Å². The summed E-state index contributed by atoms with van der Waals surface area (Å²) in [5.74, 6) is -0.512. The average molecular weight is 414 g/mol. The summed E-state index contributed by atoms with van der Waals surface area (Å²) >= 11 is 6.48. The lowest BCUT2D eigenvalue weighted by molar-refractivity contribution is -0.385. The minimum absolute atomic E-state index is 0.0393. The number of nitro groups is 1. The molecule has 10 heteroatoms. The first-order valence-corrected chi connectivity index (χ1v) is 9.22. The number of hydrogen-bond donors (Lipinski definition) is 2. The van der Waals surface area contributed by atoms with Crippen LogP contribution in [-0.4, -0.2) is 28.0 Å². The van der Waals surface area contributed by atoms with Gasteiger partial charge in [-0.2, -0.15) is 0 Å². The maximum Gasteiger partial charge on any atom is 0.311 e. The molecule has 3 rings (SSSR count). The van der Waals surface area contributed by atoms with Crippen LogP contribution in [-0.2, 0) is 0 Å². The first-order chi connectivity index (χ1) is 13.5. The minimum Gasteiger partial charge on any atom is -0.490 e. The molecule has 28 heavy (non-hydrogen) atoms. The van der Waals surface area contributed by atoms with Crippen molar-refractivity contribution in [3.8, 4) is 17.0 Å². The summed E-state index contributed by atoms with van der Waals surface area (Å²) in [6.07, 6.45) is 0. The summed E-state index contributed by atoms with van der Waals surface area (Å²) in [7, 11) is 1.32. The third kappa shape index (κ3) is 4.48. The number of thiocarbonyl (C=S) groups is 1. The maximum atomic E-state index is 12.3. The average Bonchev–Trinajstić information content (AvgIpc) is 3.16. The molecule has 1 amide bonds. The number of carbonyl (C=O) groups is 1. The van der Waals surface area contributed by atoms with E-state index in [-0.39, 0.29) is 22.1 Å². The predicted molar refractivity (Wildman–Crippen MR) is 111 cm³/mol. The molecular formula is C18H14N4O4S2. The molecule has 0 saturated heterocycles. The molecule has 0 saturated carbocycles. The Morgan fingerprint density at radius 1 is 1.25 bits per heavy atom. The van der Waals surface area contributed by atoms with Gasteiger partial charge < -0.3 is 10.1 Å². The SMILES string of the molecule is COc1ccc(C(=O)NC(=S)Nc2nc(-c3ccccc3)cs2)cc1[N+](=O)[O-]. The number of rotatable bonds is 5. The first kappa shape index (κ1) is 19.4. The van der Waals surface area contributed by atoms with Gasteiger partial charge in [0.05, 0.1) is 17.7 Å². The summed E-state index contributed by atoms with van der Waals surface area (Å²) in [5, 5.41) is 18.8. The molecule has 142 valence electrons. The molecular weight excluding hydrogens is 400 g/mol. The van der Waals surface area contributed by atoms with Crippen LogP contribution in [0.2, 0.25) is 0 Å². The smallest absolute Gasteiger partial charge is 0.311 e. The lowest BCUT2D eigenvalue weighted by atomic mass is 10.2. The fraction of sp³-hybridized carbons (Fsp3) is 0.0556. The number of carbonyl (C=O) groups excluding carboxylic acids is 1. The van der Waals surface area contributed by atoms with E-state index in [0.29, 0.717) is 5.13 Å². The normalized spacial score (nSPS) is 10.2. The number of amides is 1. The largest absolute Gasteiger partial charge is 0.490 e. The second kappa shape index (κ2) is 8.55. The van der Waals surface area contributed by atoms with Crippen molar-refractivity contribution in [2.24, 2.45) is 0 Å². The van der Waals surface area contributed by atoms with Gasteiger partial charge in [0.25, 0.3) is 5.91 Å². The number of nitrogens with one attached hydrogen (secondary N) is 2. The summed E-state index contributed by atoms with van der Waals surface area (Å²) in [6, 6.07) is 13.5. The Labute approximate surface area is 169 Å². The van der Waals surface area contributed by atoms with Crippen LogP contribution in [0.4, 0.5) is 10.8 Å². The van der Waals surface area contributed by atoms with Gasteiger partial charge in [0.15, 0.2) is 16.0 Å². The van der Waals surface area contributed by atoms with Gasteiger partial charge in [0.2, 0.25) is 0 Å². The summed E-state index contributed by atoms with van der Waals surface area (Å²) in [5.41, 5.74) is 1.53. The molecule has 3 aromatic rings. The second-order valence-corrected chi connectivity index (χ2v) is 6.72. The molecule has 0 atom stereocenters. The topological polar surface area (TPSA) is 106 Å². The number of nitro benzene ring substituents is 1. The molecule has 1 heterocycles. The number of ether oxygens (including phenoxy) is 1. The Kier molecular flexibility index (Phi) is 5.92. The molecule has 0 radical (unpaired) electrons. The Bertz CT molecular complexity index is 1040. The van der Waals surface area contributed by atoms with Crippen LogP contribution < -0.4 is 15.4 Å². The number of aromatic nitrogens is 1. The van der Waals surface area contributed by atoms with E-state index in [4.69, 9.17) is 17.0 Å².